The molecule has 10 heavy (non-hydrogen) atoms. The Hall–Kier alpha value is -0.700. The van der Waals surface area contributed by atoms with Crippen LogP contribution in [0.4, 0.5) is 4.39 Å². The summed E-state index contributed by atoms with van der Waals surface area (Å²) >= 11 is 5.47. The lowest BCUT2D eigenvalue weighted by molar-refractivity contribution is 0.365. The molecule has 2 nitrogen and oxygen atoms in total. The Kier molecular flexibility index (Phi) is 2.17. The van der Waals surface area contributed by atoms with E-state index in [-0.39, 0.29) is 5.15 Å². The van der Waals surface area contributed by atoms with E-state index in [9.17, 15) is 4.39 Å². The molecular formula is C6H6ClFN2. The molecule has 1 atom stereocenters. The van der Waals surface area contributed by atoms with Gasteiger partial charge in [0.15, 0.2) is 0 Å². The second kappa shape index (κ2) is 2.92. The van der Waals surface area contributed by atoms with E-state index >= 15 is 0 Å². The van der Waals surface area contributed by atoms with E-state index in [0.717, 1.165) is 0 Å². The summed E-state index contributed by atoms with van der Waals surface area (Å²) in [5, 5.41) is 0.273. The molecule has 54 valence electrons. The van der Waals surface area contributed by atoms with Gasteiger partial charge >= 0.3 is 0 Å². The number of hydrogen-bond acceptors (Lipinski definition) is 2. The predicted octanol–water partition coefficient (Wildman–Crippen LogP) is 2.16. The number of rotatable bonds is 1. The molecule has 0 saturated carbocycles. The van der Waals surface area contributed by atoms with Gasteiger partial charge in [0.25, 0.3) is 0 Å². The Labute approximate surface area is 63.1 Å². The summed E-state index contributed by atoms with van der Waals surface area (Å²) < 4.78 is 12.5. The summed E-state index contributed by atoms with van der Waals surface area (Å²) in [4.78, 5) is 7.28. The van der Waals surface area contributed by atoms with Gasteiger partial charge in [0.2, 0.25) is 0 Å². The summed E-state index contributed by atoms with van der Waals surface area (Å²) in [7, 11) is 0. The minimum Gasteiger partial charge on any atom is -0.241 e. The molecule has 0 N–H and O–H groups in total. The van der Waals surface area contributed by atoms with Crippen LogP contribution < -0.4 is 0 Å². The Balaban J connectivity index is 2.96. The zero-order valence-electron chi connectivity index (χ0n) is 5.38. The van der Waals surface area contributed by atoms with E-state index in [4.69, 9.17) is 11.6 Å². The van der Waals surface area contributed by atoms with E-state index in [1.807, 2.05) is 0 Å². The molecule has 0 aliphatic rings. The molecule has 0 aliphatic heterocycles. The minimum atomic E-state index is -1.08. The van der Waals surface area contributed by atoms with E-state index < -0.39 is 6.17 Å². The van der Waals surface area contributed by atoms with Crippen LogP contribution in [0.5, 0.6) is 0 Å². The Morgan fingerprint density at radius 1 is 1.60 bits per heavy atom. The number of nitrogens with zero attached hydrogens (tertiary/aromatic N) is 2. The first-order valence-electron chi connectivity index (χ1n) is 2.81. The third kappa shape index (κ3) is 1.64. The van der Waals surface area contributed by atoms with Gasteiger partial charge in [-0.15, -0.1) is 0 Å². The highest BCUT2D eigenvalue weighted by molar-refractivity contribution is 6.29. The van der Waals surface area contributed by atoms with Crippen LogP contribution in [0.3, 0.4) is 0 Å². The van der Waals surface area contributed by atoms with E-state index in [1.165, 1.54) is 19.3 Å². The zero-order valence-corrected chi connectivity index (χ0v) is 6.14. The van der Waals surface area contributed by atoms with Gasteiger partial charge in [0.1, 0.15) is 17.7 Å². The molecule has 0 radical (unpaired) electrons. The lowest BCUT2D eigenvalue weighted by atomic mass is 10.3. The molecule has 1 heterocycles. The quantitative estimate of drug-likeness (QED) is 0.589. The Bertz CT molecular complexity index is 227. The lowest BCUT2D eigenvalue weighted by Crippen LogP contribution is -1.91. The number of halogens is 2. The van der Waals surface area contributed by atoms with Crippen molar-refractivity contribution in [2.24, 2.45) is 0 Å². The first-order chi connectivity index (χ1) is 4.70. The molecule has 4 heteroatoms. The van der Waals surface area contributed by atoms with Crippen LogP contribution in [0.25, 0.3) is 0 Å². The van der Waals surface area contributed by atoms with E-state index in [2.05, 4.69) is 9.97 Å². The lowest BCUT2D eigenvalue weighted by Gasteiger charge is -1.98. The van der Waals surface area contributed by atoms with E-state index in [1.54, 1.807) is 0 Å². The fourth-order valence-corrected chi connectivity index (χ4v) is 0.720. The Morgan fingerprint density at radius 3 is 2.70 bits per heavy atom. The van der Waals surface area contributed by atoms with Gasteiger partial charge < -0.3 is 0 Å². The number of alkyl halides is 1. The first-order valence-corrected chi connectivity index (χ1v) is 3.19. The highest BCUT2D eigenvalue weighted by Gasteiger charge is 2.03. The van der Waals surface area contributed by atoms with Crippen LogP contribution in [0.15, 0.2) is 12.4 Å². The van der Waals surface area contributed by atoms with Crippen molar-refractivity contribution in [2.45, 2.75) is 13.1 Å². The van der Waals surface area contributed by atoms with Crippen molar-refractivity contribution in [1.29, 1.82) is 0 Å². The highest BCUT2D eigenvalue weighted by Crippen LogP contribution is 2.14. The SMILES string of the molecule is CC(F)c1cc(Cl)ncn1. The van der Waals surface area contributed by atoms with Crippen molar-refractivity contribution in [3.63, 3.8) is 0 Å². The molecule has 1 aromatic heterocycles. The smallest absolute Gasteiger partial charge is 0.139 e. The van der Waals surface area contributed by atoms with Gasteiger partial charge in [-0.05, 0) is 6.92 Å². The monoisotopic (exact) mass is 160 g/mol. The maximum absolute atomic E-state index is 12.5. The van der Waals surface area contributed by atoms with Gasteiger partial charge in [-0.2, -0.15) is 0 Å². The average Bonchev–Trinajstić information content (AvgIpc) is 1.88. The average molecular weight is 161 g/mol. The molecule has 0 saturated heterocycles. The summed E-state index contributed by atoms with van der Waals surface area (Å²) in [6.45, 7) is 1.40. The molecule has 0 spiro atoms. The van der Waals surface area contributed by atoms with Gasteiger partial charge in [-0.3, -0.25) is 0 Å². The largest absolute Gasteiger partial charge is 0.241 e. The zero-order chi connectivity index (χ0) is 7.56. The molecule has 1 aromatic rings. The molecule has 0 amide bonds. The highest BCUT2D eigenvalue weighted by atomic mass is 35.5. The van der Waals surface area contributed by atoms with Crippen LogP contribution >= 0.6 is 11.6 Å². The van der Waals surface area contributed by atoms with Crippen LogP contribution in [0.1, 0.15) is 18.8 Å². The fourth-order valence-electron chi connectivity index (χ4n) is 0.565. The summed E-state index contributed by atoms with van der Waals surface area (Å²) in [5.74, 6) is 0. The van der Waals surface area contributed by atoms with Crippen molar-refractivity contribution in [2.75, 3.05) is 0 Å². The van der Waals surface area contributed by atoms with Gasteiger partial charge in [-0.1, -0.05) is 11.6 Å². The molecule has 0 bridgehead atoms. The predicted molar refractivity (Wildman–Crippen MR) is 36.6 cm³/mol. The summed E-state index contributed by atoms with van der Waals surface area (Å²) in [5.41, 5.74) is 0.319. The molecule has 0 aliphatic carbocycles. The normalized spacial score (nSPS) is 13.1. The third-order valence-corrected chi connectivity index (χ3v) is 1.27. The van der Waals surface area contributed by atoms with Crippen LogP contribution in [-0.2, 0) is 0 Å². The van der Waals surface area contributed by atoms with Gasteiger partial charge in [0.05, 0.1) is 5.69 Å². The number of aromatic nitrogens is 2. The summed E-state index contributed by atoms with van der Waals surface area (Å²) in [6, 6.07) is 1.41. The molecule has 0 aromatic carbocycles. The minimum absolute atomic E-state index is 0.273. The Morgan fingerprint density at radius 2 is 2.30 bits per heavy atom. The van der Waals surface area contributed by atoms with Crippen molar-refractivity contribution >= 4 is 11.6 Å². The standard InChI is InChI=1S/C6H6ClFN2/c1-4(8)5-2-6(7)10-3-9-5/h2-4H,1H3. The fraction of sp³-hybridized carbons (Fsp3) is 0.333. The van der Waals surface area contributed by atoms with Crippen molar-refractivity contribution < 1.29 is 4.39 Å². The molecular weight excluding hydrogens is 155 g/mol. The first kappa shape index (κ1) is 7.41. The van der Waals surface area contributed by atoms with E-state index in [0.29, 0.717) is 5.69 Å². The van der Waals surface area contributed by atoms with Crippen LogP contribution in [0.2, 0.25) is 5.15 Å². The van der Waals surface area contributed by atoms with Crippen molar-refractivity contribution in [3.8, 4) is 0 Å². The van der Waals surface area contributed by atoms with Crippen molar-refractivity contribution in [1.82, 2.24) is 9.97 Å². The summed E-state index contributed by atoms with van der Waals surface area (Å²) in [6.07, 6.45) is 0.161. The van der Waals surface area contributed by atoms with Gasteiger partial charge in [-0.25, -0.2) is 14.4 Å². The molecule has 1 rings (SSSR count). The van der Waals surface area contributed by atoms with Crippen LogP contribution in [-0.4, -0.2) is 9.97 Å². The number of hydrogen-bond donors (Lipinski definition) is 0. The topological polar surface area (TPSA) is 25.8 Å². The van der Waals surface area contributed by atoms with Gasteiger partial charge in [0, 0.05) is 6.07 Å². The molecule has 0 fully saturated rings. The molecule has 1 unspecified atom stereocenters. The maximum Gasteiger partial charge on any atom is 0.139 e. The van der Waals surface area contributed by atoms with Crippen LogP contribution in [0, 0.1) is 0 Å². The second-order valence-electron chi connectivity index (χ2n) is 1.88. The third-order valence-electron chi connectivity index (χ3n) is 1.06. The second-order valence-corrected chi connectivity index (χ2v) is 2.27. The van der Waals surface area contributed by atoms with Crippen molar-refractivity contribution in [3.05, 3.63) is 23.2 Å². The maximum atomic E-state index is 12.5.